The van der Waals surface area contributed by atoms with Gasteiger partial charge in [0.1, 0.15) is 11.6 Å². The van der Waals surface area contributed by atoms with Gasteiger partial charge in [-0.2, -0.15) is 0 Å². The zero-order chi connectivity index (χ0) is 17.8. The van der Waals surface area contributed by atoms with Crippen LogP contribution >= 0.6 is 0 Å². The number of likely N-dealkylation sites (tertiary alicyclic amines) is 1. The molecule has 1 atom stereocenters. The minimum atomic E-state index is 0.199. The molecule has 0 bridgehead atoms. The number of carbonyl (C=O) groups is 1. The first-order valence-electron chi connectivity index (χ1n) is 8.63. The summed E-state index contributed by atoms with van der Waals surface area (Å²) in [6, 6.07) is 10.1. The molecule has 0 aliphatic carbocycles. The number of nitrogen functional groups attached to an aromatic ring is 1. The first-order chi connectivity index (χ1) is 12.0. The Labute approximate surface area is 148 Å². The highest BCUT2D eigenvalue weighted by atomic mass is 16.2. The van der Waals surface area contributed by atoms with Gasteiger partial charge in [0.2, 0.25) is 5.91 Å². The van der Waals surface area contributed by atoms with Crippen LogP contribution in [0, 0.1) is 6.92 Å². The first-order valence-corrected chi connectivity index (χ1v) is 8.63. The summed E-state index contributed by atoms with van der Waals surface area (Å²) in [5.41, 5.74) is 7.99. The van der Waals surface area contributed by atoms with Gasteiger partial charge in [-0.25, -0.2) is 9.97 Å². The average molecular weight is 339 g/mol. The average Bonchev–Trinajstić information content (AvgIpc) is 3.07. The molecule has 6 nitrogen and oxygen atoms in total. The van der Waals surface area contributed by atoms with Crippen molar-refractivity contribution in [3.05, 3.63) is 53.5 Å². The molecule has 3 rings (SSSR count). The molecule has 1 amide bonds. The minimum absolute atomic E-state index is 0.199. The van der Waals surface area contributed by atoms with E-state index in [1.807, 2.05) is 30.1 Å². The van der Waals surface area contributed by atoms with E-state index in [9.17, 15) is 4.79 Å². The number of rotatable bonds is 5. The van der Waals surface area contributed by atoms with Crippen LogP contribution in [0.25, 0.3) is 0 Å². The van der Waals surface area contributed by atoms with Gasteiger partial charge in [-0.1, -0.05) is 24.3 Å². The molecular weight excluding hydrogens is 314 g/mol. The Morgan fingerprint density at radius 3 is 2.92 bits per heavy atom. The van der Waals surface area contributed by atoms with Gasteiger partial charge in [-0.05, 0) is 37.6 Å². The van der Waals surface area contributed by atoms with E-state index in [2.05, 4.69) is 27.9 Å². The molecule has 1 aromatic carbocycles. The van der Waals surface area contributed by atoms with Crippen LogP contribution in [-0.2, 0) is 17.8 Å². The lowest BCUT2D eigenvalue weighted by Crippen LogP contribution is -2.37. The fourth-order valence-corrected chi connectivity index (χ4v) is 3.25. The number of anilines is 1. The summed E-state index contributed by atoms with van der Waals surface area (Å²) in [6.07, 6.45) is 3.12. The number of aryl methyl sites for hydroxylation is 1. The largest absolute Gasteiger partial charge is 0.384 e. The summed E-state index contributed by atoms with van der Waals surface area (Å²) in [5.74, 6) is 1.40. The minimum Gasteiger partial charge on any atom is -0.384 e. The SMILES string of the molecule is Cc1ccccc1CC(=O)N1CCC(N(C)Cc2nccc(N)n2)C1. The standard InChI is InChI=1S/C19H25N5O/c1-14-5-3-4-6-15(14)11-19(25)24-10-8-16(12-24)23(2)13-18-21-9-7-17(20)22-18/h3-7,9,16H,8,10-13H2,1-2H3,(H2,20,21,22). The molecule has 132 valence electrons. The fraction of sp³-hybridized carbons (Fsp3) is 0.421. The Kier molecular flexibility index (Phi) is 5.28. The molecular formula is C19H25N5O. The van der Waals surface area contributed by atoms with Crippen LogP contribution in [0.2, 0.25) is 0 Å². The number of hydrogen-bond acceptors (Lipinski definition) is 5. The number of benzene rings is 1. The Balaban J connectivity index is 1.55. The number of carbonyl (C=O) groups excluding carboxylic acids is 1. The molecule has 1 aliphatic heterocycles. The predicted octanol–water partition coefficient (Wildman–Crippen LogP) is 1.64. The molecule has 0 spiro atoms. The number of hydrogen-bond donors (Lipinski definition) is 1. The van der Waals surface area contributed by atoms with Crippen LogP contribution in [-0.4, -0.2) is 51.9 Å². The van der Waals surface area contributed by atoms with Gasteiger partial charge in [-0.3, -0.25) is 9.69 Å². The number of likely N-dealkylation sites (N-methyl/N-ethyl adjacent to an activating group) is 1. The van der Waals surface area contributed by atoms with Gasteiger partial charge in [-0.15, -0.1) is 0 Å². The molecule has 2 aromatic rings. The smallest absolute Gasteiger partial charge is 0.227 e. The van der Waals surface area contributed by atoms with E-state index in [-0.39, 0.29) is 5.91 Å². The van der Waals surface area contributed by atoms with E-state index in [0.29, 0.717) is 30.6 Å². The molecule has 25 heavy (non-hydrogen) atoms. The lowest BCUT2D eigenvalue weighted by Gasteiger charge is -2.24. The van der Waals surface area contributed by atoms with E-state index in [1.165, 1.54) is 5.56 Å². The van der Waals surface area contributed by atoms with Crippen LogP contribution < -0.4 is 5.73 Å². The summed E-state index contributed by atoms with van der Waals surface area (Å²) in [7, 11) is 2.05. The van der Waals surface area contributed by atoms with Gasteiger partial charge in [0.15, 0.2) is 0 Å². The van der Waals surface area contributed by atoms with Crippen LogP contribution in [0.1, 0.15) is 23.4 Å². The Bertz CT molecular complexity index is 748. The maximum Gasteiger partial charge on any atom is 0.227 e. The molecule has 0 radical (unpaired) electrons. The highest BCUT2D eigenvalue weighted by Crippen LogP contribution is 2.18. The molecule has 1 unspecified atom stereocenters. The summed E-state index contributed by atoms with van der Waals surface area (Å²) in [4.78, 5) is 25.3. The third-order valence-corrected chi connectivity index (χ3v) is 4.86. The Morgan fingerprint density at radius 1 is 1.36 bits per heavy atom. The highest BCUT2D eigenvalue weighted by Gasteiger charge is 2.29. The van der Waals surface area contributed by atoms with Crippen molar-refractivity contribution in [1.82, 2.24) is 19.8 Å². The molecule has 1 aliphatic rings. The monoisotopic (exact) mass is 339 g/mol. The van der Waals surface area contributed by atoms with Gasteiger partial charge in [0, 0.05) is 25.3 Å². The molecule has 1 fully saturated rings. The lowest BCUT2D eigenvalue weighted by molar-refractivity contribution is -0.129. The first kappa shape index (κ1) is 17.4. The second-order valence-electron chi connectivity index (χ2n) is 6.70. The zero-order valence-corrected chi connectivity index (χ0v) is 14.9. The van der Waals surface area contributed by atoms with Crippen molar-refractivity contribution in [1.29, 1.82) is 0 Å². The van der Waals surface area contributed by atoms with Crippen molar-refractivity contribution in [2.75, 3.05) is 25.9 Å². The quantitative estimate of drug-likeness (QED) is 0.896. The Morgan fingerprint density at radius 2 is 2.16 bits per heavy atom. The summed E-state index contributed by atoms with van der Waals surface area (Å²) in [6.45, 7) is 4.24. The third kappa shape index (κ3) is 4.33. The van der Waals surface area contributed by atoms with Crippen LogP contribution in [0.15, 0.2) is 36.5 Å². The third-order valence-electron chi connectivity index (χ3n) is 4.86. The Hall–Kier alpha value is -2.47. The number of amides is 1. The fourth-order valence-electron chi connectivity index (χ4n) is 3.25. The van der Waals surface area contributed by atoms with Crippen LogP contribution in [0.4, 0.5) is 5.82 Å². The van der Waals surface area contributed by atoms with E-state index in [4.69, 9.17) is 5.73 Å². The van der Waals surface area contributed by atoms with E-state index in [1.54, 1.807) is 12.3 Å². The van der Waals surface area contributed by atoms with Crippen molar-refractivity contribution < 1.29 is 4.79 Å². The lowest BCUT2D eigenvalue weighted by atomic mass is 10.1. The van der Waals surface area contributed by atoms with Crippen LogP contribution in [0.5, 0.6) is 0 Å². The van der Waals surface area contributed by atoms with E-state index in [0.717, 1.165) is 25.1 Å². The topological polar surface area (TPSA) is 75.4 Å². The summed E-state index contributed by atoms with van der Waals surface area (Å²) < 4.78 is 0. The van der Waals surface area contributed by atoms with Gasteiger partial charge in [0.25, 0.3) is 0 Å². The zero-order valence-electron chi connectivity index (χ0n) is 14.9. The van der Waals surface area contributed by atoms with Crippen molar-refractivity contribution >= 4 is 11.7 Å². The van der Waals surface area contributed by atoms with Crippen molar-refractivity contribution in [3.63, 3.8) is 0 Å². The molecule has 6 heteroatoms. The molecule has 1 aromatic heterocycles. The number of aromatic nitrogens is 2. The van der Waals surface area contributed by atoms with Crippen molar-refractivity contribution in [3.8, 4) is 0 Å². The van der Waals surface area contributed by atoms with Gasteiger partial charge >= 0.3 is 0 Å². The van der Waals surface area contributed by atoms with Crippen LogP contribution in [0.3, 0.4) is 0 Å². The predicted molar refractivity (Wildman–Crippen MR) is 97.8 cm³/mol. The molecule has 0 saturated carbocycles. The number of nitrogens with zero attached hydrogens (tertiary/aromatic N) is 4. The maximum absolute atomic E-state index is 12.6. The second-order valence-corrected chi connectivity index (χ2v) is 6.70. The summed E-state index contributed by atoms with van der Waals surface area (Å²) >= 11 is 0. The van der Waals surface area contributed by atoms with E-state index < -0.39 is 0 Å². The normalized spacial score (nSPS) is 17.2. The molecule has 2 heterocycles. The highest BCUT2D eigenvalue weighted by molar-refractivity contribution is 5.79. The van der Waals surface area contributed by atoms with E-state index >= 15 is 0 Å². The van der Waals surface area contributed by atoms with Gasteiger partial charge in [0.05, 0.1) is 13.0 Å². The second kappa shape index (κ2) is 7.61. The summed E-state index contributed by atoms with van der Waals surface area (Å²) in [5, 5.41) is 0. The van der Waals surface area contributed by atoms with Gasteiger partial charge < -0.3 is 10.6 Å². The number of nitrogens with two attached hydrogens (primary N) is 1. The maximum atomic E-state index is 12.6. The molecule has 2 N–H and O–H groups in total. The molecule has 1 saturated heterocycles. The van der Waals surface area contributed by atoms with Crippen molar-refractivity contribution in [2.45, 2.75) is 32.4 Å². The van der Waals surface area contributed by atoms with Crippen molar-refractivity contribution in [2.24, 2.45) is 0 Å².